The average molecular weight is 522 g/mol. The summed E-state index contributed by atoms with van der Waals surface area (Å²) in [5.74, 6) is 1.42. The van der Waals surface area contributed by atoms with E-state index in [1.807, 2.05) is 37.3 Å². The number of carbonyl (C=O) groups excluding carboxylic acids is 3. The van der Waals surface area contributed by atoms with E-state index in [-0.39, 0.29) is 17.9 Å². The van der Waals surface area contributed by atoms with Gasteiger partial charge < -0.3 is 25.0 Å². The molecule has 3 amide bonds. The summed E-state index contributed by atoms with van der Waals surface area (Å²) < 4.78 is 10.2. The van der Waals surface area contributed by atoms with Crippen molar-refractivity contribution in [3.63, 3.8) is 0 Å². The number of hydrogen-bond donors (Lipinski definition) is 2. The molecule has 1 atom stereocenters. The van der Waals surface area contributed by atoms with Gasteiger partial charge >= 0.3 is 12.0 Å². The molecule has 2 aromatic rings. The zero-order chi connectivity index (χ0) is 27.1. The zero-order valence-corrected chi connectivity index (χ0v) is 22.6. The number of hydrogen-bond acceptors (Lipinski definition) is 5. The lowest BCUT2D eigenvalue weighted by molar-refractivity contribution is -0.151. The monoisotopic (exact) mass is 521 g/mol. The van der Waals surface area contributed by atoms with Crippen molar-refractivity contribution >= 4 is 29.3 Å². The molecule has 0 unspecified atom stereocenters. The summed E-state index contributed by atoms with van der Waals surface area (Å²) in [6, 6.07) is 13.0. The van der Waals surface area contributed by atoms with Crippen LogP contribution in [0.2, 0.25) is 0 Å². The highest BCUT2D eigenvalue weighted by molar-refractivity contribution is 6.00. The summed E-state index contributed by atoms with van der Waals surface area (Å²) >= 11 is 0. The van der Waals surface area contributed by atoms with Gasteiger partial charge in [-0.2, -0.15) is 0 Å². The van der Waals surface area contributed by atoms with E-state index in [0.29, 0.717) is 42.7 Å². The highest BCUT2D eigenvalue weighted by Crippen LogP contribution is 2.38. The topological polar surface area (TPSA) is 97.0 Å². The second-order valence-electron chi connectivity index (χ2n) is 10.4. The lowest BCUT2D eigenvalue weighted by Crippen LogP contribution is -2.41. The van der Waals surface area contributed by atoms with Crippen molar-refractivity contribution in [2.24, 2.45) is 5.92 Å². The molecule has 1 aliphatic carbocycles. The quantitative estimate of drug-likeness (QED) is 0.424. The Morgan fingerprint density at radius 1 is 0.947 bits per heavy atom. The third-order valence-corrected chi connectivity index (χ3v) is 7.90. The van der Waals surface area contributed by atoms with Gasteiger partial charge in [0.05, 0.1) is 19.9 Å². The number of rotatable bonds is 8. The van der Waals surface area contributed by atoms with Crippen molar-refractivity contribution in [2.75, 3.05) is 31.4 Å². The third-order valence-electron chi connectivity index (χ3n) is 7.90. The second-order valence-corrected chi connectivity index (χ2v) is 10.4. The average Bonchev–Trinajstić information content (AvgIpc) is 3.42. The van der Waals surface area contributed by atoms with Crippen LogP contribution in [0.3, 0.4) is 0 Å². The zero-order valence-electron chi connectivity index (χ0n) is 22.6. The van der Waals surface area contributed by atoms with Crippen LogP contribution in [0.4, 0.5) is 16.2 Å². The molecule has 1 aliphatic heterocycles. The number of amides is 3. The number of ether oxygens (including phenoxy) is 2. The molecule has 1 saturated carbocycles. The van der Waals surface area contributed by atoms with E-state index in [1.165, 1.54) is 12.7 Å². The van der Waals surface area contributed by atoms with E-state index in [4.69, 9.17) is 9.47 Å². The first-order valence-corrected chi connectivity index (χ1v) is 13.6. The fourth-order valence-electron chi connectivity index (χ4n) is 5.74. The number of nitrogens with zero attached hydrogens (tertiary/aromatic N) is 1. The molecule has 2 aromatic carbocycles. The number of urea groups is 1. The van der Waals surface area contributed by atoms with E-state index in [9.17, 15) is 14.4 Å². The molecule has 2 fully saturated rings. The molecule has 2 aliphatic rings. The predicted molar refractivity (Wildman–Crippen MR) is 147 cm³/mol. The Morgan fingerprint density at radius 2 is 1.68 bits per heavy atom. The highest BCUT2D eigenvalue weighted by Gasteiger charge is 2.35. The second kappa shape index (κ2) is 12.8. The molecule has 1 heterocycles. The predicted octanol–water partition coefficient (Wildman–Crippen LogP) is 5.87. The molecule has 0 bridgehead atoms. The van der Waals surface area contributed by atoms with E-state index in [0.717, 1.165) is 49.8 Å². The van der Waals surface area contributed by atoms with Crippen LogP contribution in [0.1, 0.15) is 68.4 Å². The number of methoxy groups -OCH3 is 2. The maximum Gasteiger partial charge on any atom is 0.328 e. The fourth-order valence-corrected chi connectivity index (χ4v) is 5.74. The third kappa shape index (κ3) is 6.85. The van der Waals surface area contributed by atoms with Gasteiger partial charge in [-0.15, -0.1) is 0 Å². The number of esters is 1. The Labute approximate surface area is 225 Å². The van der Waals surface area contributed by atoms with Crippen molar-refractivity contribution in [1.82, 2.24) is 4.90 Å². The Balaban J connectivity index is 1.22. The van der Waals surface area contributed by atoms with Gasteiger partial charge in [-0.25, -0.2) is 9.59 Å². The van der Waals surface area contributed by atoms with Crippen LogP contribution < -0.4 is 15.4 Å². The summed E-state index contributed by atoms with van der Waals surface area (Å²) in [6.45, 7) is 2.61. The number of aryl methyl sites for hydroxylation is 1. The minimum Gasteiger partial charge on any atom is -0.495 e. The molecule has 8 heteroatoms. The van der Waals surface area contributed by atoms with Crippen molar-refractivity contribution in [2.45, 2.75) is 70.3 Å². The van der Waals surface area contributed by atoms with Gasteiger partial charge in [0.25, 0.3) is 0 Å². The van der Waals surface area contributed by atoms with Crippen molar-refractivity contribution in [3.8, 4) is 5.75 Å². The van der Waals surface area contributed by atoms with Crippen LogP contribution in [0.25, 0.3) is 0 Å². The summed E-state index contributed by atoms with van der Waals surface area (Å²) in [7, 11) is 2.96. The summed E-state index contributed by atoms with van der Waals surface area (Å²) in [6.07, 6.45) is 7.31. The maximum absolute atomic E-state index is 12.7. The largest absolute Gasteiger partial charge is 0.495 e. The van der Waals surface area contributed by atoms with Gasteiger partial charge in [-0.1, -0.05) is 18.2 Å². The maximum atomic E-state index is 12.7. The Bertz CT molecular complexity index is 1130. The Morgan fingerprint density at radius 3 is 2.37 bits per heavy atom. The van der Waals surface area contributed by atoms with Gasteiger partial charge in [-0.3, -0.25) is 4.79 Å². The Kier molecular flexibility index (Phi) is 9.26. The first-order chi connectivity index (χ1) is 18.4. The smallest absolute Gasteiger partial charge is 0.328 e. The molecule has 1 saturated heterocycles. The van der Waals surface area contributed by atoms with Gasteiger partial charge in [0.15, 0.2) is 0 Å². The fraction of sp³-hybridized carbons (Fsp3) is 0.500. The van der Waals surface area contributed by atoms with Gasteiger partial charge in [0.1, 0.15) is 11.8 Å². The van der Waals surface area contributed by atoms with Crippen LogP contribution in [-0.2, 0) is 14.3 Å². The van der Waals surface area contributed by atoms with Gasteiger partial charge in [-0.05, 0) is 99.1 Å². The first kappa shape index (κ1) is 27.5. The van der Waals surface area contributed by atoms with Gasteiger partial charge in [0.2, 0.25) is 5.91 Å². The lowest BCUT2D eigenvalue weighted by atomic mass is 9.77. The molecular weight excluding hydrogens is 482 g/mol. The standard InChI is InChI=1S/C30H39N3O5/c1-20-6-16-27(37-2)25(19-20)32-30(36)31-24-14-12-23(13-15-24)22-10-7-21(8-11-22)9-17-28(34)33-18-4-5-26(33)29(35)38-3/h6,12-16,19,21-22,26H,4-5,7-11,17-18H2,1-3H3,(H2,31,32,36)/t21-,22-,26-/m0/s1. The molecule has 4 rings (SSSR count). The summed E-state index contributed by atoms with van der Waals surface area (Å²) in [5.41, 5.74) is 3.68. The van der Waals surface area contributed by atoms with Crippen LogP contribution in [0, 0.1) is 12.8 Å². The summed E-state index contributed by atoms with van der Waals surface area (Å²) in [4.78, 5) is 38.9. The van der Waals surface area contributed by atoms with Crippen LogP contribution >= 0.6 is 0 Å². The SMILES string of the molecule is COC(=O)[C@@H]1CCCN1C(=O)CC[C@H]1CC[C@H](c2ccc(NC(=O)Nc3cc(C)ccc3OC)cc2)CC1. The van der Waals surface area contributed by atoms with Crippen molar-refractivity contribution < 1.29 is 23.9 Å². The molecule has 38 heavy (non-hydrogen) atoms. The molecule has 0 radical (unpaired) electrons. The van der Waals surface area contributed by atoms with Gasteiger partial charge in [0, 0.05) is 18.7 Å². The molecule has 204 valence electrons. The van der Waals surface area contributed by atoms with E-state index < -0.39 is 6.04 Å². The van der Waals surface area contributed by atoms with Crippen LogP contribution in [0.5, 0.6) is 5.75 Å². The first-order valence-electron chi connectivity index (χ1n) is 13.6. The number of anilines is 2. The van der Waals surface area contributed by atoms with E-state index in [1.54, 1.807) is 12.0 Å². The van der Waals surface area contributed by atoms with Crippen molar-refractivity contribution in [3.05, 3.63) is 53.6 Å². The number of carbonyl (C=O) groups is 3. The van der Waals surface area contributed by atoms with Crippen molar-refractivity contribution in [1.29, 1.82) is 0 Å². The molecule has 0 aromatic heterocycles. The highest BCUT2D eigenvalue weighted by atomic mass is 16.5. The normalized spacial score (nSPS) is 21.0. The minimum absolute atomic E-state index is 0.0768. The van der Waals surface area contributed by atoms with Crippen LogP contribution in [0.15, 0.2) is 42.5 Å². The van der Waals surface area contributed by atoms with E-state index in [2.05, 4.69) is 22.8 Å². The molecule has 8 nitrogen and oxygen atoms in total. The van der Waals surface area contributed by atoms with E-state index >= 15 is 0 Å². The molecule has 0 spiro atoms. The Hall–Kier alpha value is -3.55. The molecule has 2 N–H and O–H groups in total. The number of benzene rings is 2. The summed E-state index contributed by atoms with van der Waals surface area (Å²) in [5, 5.41) is 5.75. The van der Waals surface area contributed by atoms with Crippen LogP contribution in [-0.4, -0.2) is 49.6 Å². The lowest BCUT2D eigenvalue weighted by Gasteiger charge is -2.29. The minimum atomic E-state index is -0.405. The molecular formula is C30H39N3O5. The number of likely N-dealkylation sites (tertiary alicyclic amines) is 1. The number of nitrogens with one attached hydrogen (secondary N) is 2.